The summed E-state index contributed by atoms with van der Waals surface area (Å²) >= 11 is 3.03. The van der Waals surface area contributed by atoms with E-state index < -0.39 is 11.6 Å². The predicted octanol–water partition coefficient (Wildman–Crippen LogP) is 4.16. The fraction of sp³-hybridized carbons (Fsp3) is 0.133. The number of carbonyl (C=O) groups excluding carboxylic acids is 1. The Balaban J connectivity index is 2.19. The highest BCUT2D eigenvalue weighted by atomic mass is 79.9. The van der Waals surface area contributed by atoms with Crippen molar-refractivity contribution in [3.63, 3.8) is 0 Å². The average Bonchev–Trinajstić information content (AvgIpc) is 2.42. The molecule has 0 saturated carbocycles. The SMILES string of the molecule is COc1ccc(CC(=O)c2ccc(F)c(Br)c2)cc1F. The van der Waals surface area contributed by atoms with Crippen LogP contribution in [0.3, 0.4) is 0 Å². The van der Waals surface area contributed by atoms with Crippen molar-refractivity contribution in [3.05, 3.63) is 63.6 Å². The van der Waals surface area contributed by atoms with Crippen LogP contribution in [0.2, 0.25) is 0 Å². The van der Waals surface area contributed by atoms with E-state index in [2.05, 4.69) is 15.9 Å². The van der Waals surface area contributed by atoms with E-state index in [1.165, 1.54) is 37.4 Å². The van der Waals surface area contributed by atoms with Crippen molar-refractivity contribution < 1.29 is 18.3 Å². The van der Waals surface area contributed by atoms with Crippen LogP contribution in [0.15, 0.2) is 40.9 Å². The van der Waals surface area contributed by atoms with Gasteiger partial charge in [-0.25, -0.2) is 8.78 Å². The molecule has 0 aliphatic heterocycles. The molecule has 0 aliphatic rings. The third-order valence-corrected chi connectivity index (χ3v) is 3.43. The van der Waals surface area contributed by atoms with E-state index in [-0.39, 0.29) is 22.4 Å². The van der Waals surface area contributed by atoms with Crippen molar-refractivity contribution in [1.29, 1.82) is 0 Å². The first-order valence-electron chi connectivity index (χ1n) is 5.82. The van der Waals surface area contributed by atoms with Gasteiger partial charge in [-0.2, -0.15) is 0 Å². The fourth-order valence-corrected chi connectivity index (χ4v) is 2.16. The van der Waals surface area contributed by atoms with Crippen LogP contribution in [0.4, 0.5) is 8.78 Å². The lowest BCUT2D eigenvalue weighted by atomic mass is 10.0. The number of hydrogen-bond donors (Lipinski definition) is 0. The lowest BCUT2D eigenvalue weighted by Gasteiger charge is -2.05. The largest absolute Gasteiger partial charge is 0.494 e. The number of benzene rings is 2. The summed E-state index contributed by atoms with van der Waals surface area (Å²) in [5, 5.41) is 0. The number of ether oxygens (including phenoxy) is 1. The smallest absolute Gasteiger partial charge is 0.167 e. The lowest BCUT2D eigenvalue weighted by molar-refractivity contribution is 0.0993. The molecule has 0 spiro atoms. The van der Waals surface area contributed by atoms with Gasteiger partial charge >= 0.3 is 0 Å². The van der Waals surface area contributed by atoms with Crippen LogP contribution in [0.25, 0.3) is 0 Å². The van der Waals surface area contributed by atoms with E-state index >= 15 is 0 Å². The molecule has 0 amide bonds. The second kappa shape index (κ2) is 6.13. The van der Waals surface area contributed by atoms with Gasteiger partial charge in [-0.1, -0.05) is 6.07 Å². The number of carbonyl (C=O) groups is 1. The molecule has 0 unspecified atom stereocenters. The minimum atomic E-state index is -0.516. The van der Waals surface area contributed by atoms with Crippen LogP contribution in [0.1, 0.15) is 15.9 Å². The summed E-state index contributed by atoms with van der Waals surface area (Å²) in [5.41, 5.74) is 0.906. The Labute approximate surface area is 123 Å². The van der Waals surface area contributed by atoms with Crippen LogP contribution in [-0.2, 0) is 6.42 Å². The standard InChI is InChI=1S/C15H11BrF2O2/c1-20-15-5-2-9(6-13(15)18)7-14(19)10-3-4-12(17)11(16)8-10/h2-6,8H,7H2,1H3. The average molecular weight is 341 g/mol. The van der Waals surface area contributed by atoms with Gasteiger partial charge in [-0.15, -0.1) is 0 Å². The number of methoxy groups -OCH3 is 1. The third-order valence-electron chi connectivity index (χ3n) is 2.82. The van der Waals surface area contributed by atoms with Crippen LogP contribution in [0, 0.1) is 11.6 Å². The van der Waals surface area contributed by atoms with Crippen molar-refractivity contribution in [1.82, 2.24) is 0 Å². The Bertz CT molecular complexity index is 656. The number of ketones is 1. The monoisotopic (exact) mass is 340 g/mol. The molecule has 0 bridgehead atoms. The highest BCUT2D eigenvalue weighted by Gasteiger charge is 2.11. The van der Waals surface area contributed by atoms with Crippen molar-refractivity contribution in [3.8, 4) is 5.75 Å². The van der Waals surface area contributed by atoms with Gasteiger partial charge in [0.2, 0.25) is 0 Å². The Morgan fingerprint density at radius 2 is 1.90 bits per heavy atom. The summed E-state index contributed by atoms with van der Waals surface area (Å²) in [4.78, 5) is 12.0. The fourth-order valence-electron chi connectivity index (χ4n) is 1.78. The highest BCUT2D eigenvalue weighted by Crippen LogP contribution is 2.21. The molecule has 0 saturated heterocycles. The van der Waals surface area contributed by atoms with Gasteiger partial charge in [0.1, 0.15) is 5.82 Å². The molecule has 5 heteroatoms. The molecule has 0 N–H and O–H groups in total. The quantitative estimate of drug-likeness (QED) is 0.781. The third kappa shape index (κ3) is 3.22. The maximum absolute atomic E-state index is 13.5. The first-order valence-corrected chi connectivity index (χ1v) is 6.61. The van der Waals surface area contributed by atoms with E-state index in [0.717, 1.165) is 0 Å². The zero-order chi connectivity index (χ0) is 14.7. The van der Waals surface area contributed by atoms with Gasteiger partial charge in [-0.3, -0.25) is 4.79 Å². The number of Topliss-reactive ketones (excluding diaryl/α,β-unsaturated/α-hetero) is 1. The molecular weight excluding hydrogens is 330 g/mol. The number of halogens is 3. The van der Waals surface area contributed by atoms with Crippen LogP contribution >= 0.6 is 15.9 Å². The van der Waals surface area contributed by atoms with Crippen LogP contribution in [0.5, 0.6) is 5.75 Å². The van der Waals surface area contributed by atoms with Crippen molar-refractivity contribution in [2.24, 2.45) is 0 Å². The van der Waals surface area contributed by atoms with Crippen molar-refractivity contribution >= 4 is 21.7 Å². The molecule has 0 fully saturated rings. The summed E-state index contributed by atoms with van der Waals surface area (Å²) in [5.74, 6) is -1.03. The first-order chi connectivity index (χ1) is 9.51. The van der Waals surface area contributed by atoms with E-state index in [1.807, 2.05) is 0 Å². The predicted molar refractivity (Wildman–Crippen MR) is 75.1 cm³/mol. The van der Waals surface area contributed by atoms with E-state index in [9.17, 15) is 13.6 Å². The summed E-state index contributed by atoms with van der Waals surface area (Å²) < 4.78 is 31.7. The molecule has 20 heavy (non-hydrogen) atoms. The summed E-state index contributed by atoms with van der Waals surface area (Å²) in [6, 6.07) is 8.39. The normalized spacial score (nSPS) is 10.4. The zero-order valence-electron chi connectivity index (χ0n) is 10.6. The molecule has 104 valence electrons. The van der Waals surface area contributed by atoms with Gasteiger partial charge in [-0.05, 0) is 51.8 Å². The minimum absolute atomic E-state index is 0.0407. The molecular formula is C15H11BrF2O2. The van der Waals surface area contributed by atoms with Gasteiger partial charge < -0.3 is 4.74 Å². The lowest BCUT2D eigenvalue weighted by Crippen LogP contribution is -2.04. The maximum Gasteiger partial charge on any atom is 0.167 e. The molecule has 2 nitrogen and oxygen atoms in total. The summed E-state index contributed by atoms with van der Waals surface area (Å²) in [6.45, 7) is 0. The molecule has 0 radical (unpaired) electrons. The minimum Gasteiger partial charge on any atom is -0.494 e. The van der Waals surface area contributed by atoms with Crippen LogP contribution in [-0.4, -0.2) is 12.9 Å². The Morgan fingerprint density at radius 3 is 2.50 bits per heavy atom. The molecule has 2 aromatic carbocycles. The molecule has 0 aromatic heterocycles. The van der Waals surface area contributed by atoms with Crippen molar-refractivity contribution in [2.45, 2.75) is 6.42 Å². The second-order valence-electron chi connectivity index (χ2n) is 4.20. The Kier molecular flexibility index (Phi) is 4.49. The van der Waals surface area contributed by atoms with Gasteiger partial charge in [0.05, 0.1) is 11.6 Å². The highest BCUT2D eigenvalue weighted by molar-refractivity contribution is 9.10. The van der Waals surface area contributed by atoms with E-state index in [1.54, 1.807) is 6.07 Å². The first kappa shape index (κ1) is 14.7. The second-order valence-corrected chi connectivity index (χ2v) is 5.05. The summed E-state index contributed by atoms with van der Waals surface area (Å²) in [6.07, 6.45) is 0.0407. The summed E-state index contributed by atoms with van der Waals surface area (Å²) in [7, 11) is 1.37. The number of hydrogen-bond acceptors (Lipinski definition) is 2. The van der Waals surface area contributed by atoms with Gasteiger partial charge in [0, 0.05) is 12.0 Å². The molecule has 0 aliphatic carbocycles. The van der Waals surface area contributed by atoms with Gasteiger partial charge in [0.15, 0.2) is 17.3 Å². The van der Waals surface area contributed by atoms with Gasteiger partial charge in [0.25, 0.3) is 0 Å². The molecule has 0 atom stereocenters. The molecule has 2 aromatic rings. The van der Waals surface area contributed by atoms with E-state index in [0.29, 0.717) is 11.1 Å². The maximum atomic E-state index is 13.5. The topological polar surface area (TPSA) is 26.3 Å². The molecule has 0 heterocycles. The molecule has 2 rings (SSSR count). The number of rotatable bonds is 4. The van der Waals surface area contributed by atoms with E-state index in [4.69, 9.17) is 4.74 Å². The van der Waals surface area contributed by atoms with Crippen molar-refractivity contribution in [2.75, 3.05) is 7.11 Å². The zero-order valence-corrected chi connectivity index (χ0v) is 12.2. The van der Waals surface area contributed by atoms with Crippen LogP contribution < -0.4 is 4.74 Å². The Morgan fingerprint density at radius 1 is 1.15 bits per heavy atom. The Hall–Kier alpha value is -1.75.